The Kier molecular flexibility index (Phi) is 11.3. The SMILES string of the molecule is CCC(COCCOCC(C)(C)OCOc1ccccc1)OCOc1ccccc1. The summed E-state index contributed by atoms with van der Waals surface area (Å²) in [5.41, 5.74) is -0.446. The van der Waals surface area contributed by atoms with Crippen molar-refractivity contribution in [2.45, 2.75) is 38.9 Å². The van der Waals surface area contributed by atoms with E-state index in [1.54, 1.807) is 0 Å². The van der Waals surface area contributed by atoms with E-state index in [1.165, 1.54) is 0 Å². The summed E-state index contributed by atoms with van der Waals surface area (Å²) in [5.74, 6) is 1.57. The first-order valence-corrected chi connectivity index (χ1v) is 10.4. The van der Waals surface area contributed by atoms with Gasteiger partial charge in [0, 0.05) is 0 Å². The minimum absolute atomic E-state index is 0.0105. The molecule has 0 saturated heterocycles. The molecule has 2 aromatic carbocycles. The van der Waals surface area contributed by atoms with Crippen LogP contribution in [0.15, 0.2) is 60.7 Å². The van der Waals surface area contributed by atoms with Crippen molar-refractivity contribution in [2.75, 3.05) is 40.0 Å². The molecule has 6 heteroatoms. The fraction of sp³-hybridized carbons (Fsp3) is 0.500. The number of hydrogen-bond acceptors (Lipinski definition) is 6. The number of rotatable bonds is 16. The van der Waals surface area contributed by atoms with Crippen molar-refractivity contribution in [3.63, 3.8) is 0 Å². The molecule has 0 fully saturated rings. The molecule has 2 rings (SSSR count). The molecule has 1 unspecified atom stereocenters. The van der Waals surface area contributed by atoms with Gasteiger partial charge in [0.05, 0.1) is 38.1 Å². The van der Waals surface area contributed by atoms with E-state index in [4.69, 9.17) is 28.4 Å². The van der Waals surface area contributed by atoms with Gasteiger partial charge in [0.2, 0.25) is 0 Å². The first-order valence-electron chi connectivity index (χ1n) is 10.4. The van der Waals surface area contributed by atoms with E-state index in [-0.39, 0.29) is 19.7 Å². The van der Waals surface area contributed by atoms with Gasteiger partial charge in [-0.1, -0.05) is 43.3 Å². The van der Waals surface area contributed by atoms with Crippen LogP contribution < -0.4 is 9.47 Å². The molecular weight excluding hydrogens is 384 g/mol. The third kappa shape index (κ3) is 10.6. The number of hydrogen-bond donors (Lipinski definition) is 0. The van der Waals surface area contributed by atoms with E-state index in [0.717, 1.165) is 17.9 Å². The molecule has 0 radical (unpaired) electrons. The Labute approximate surface area is 180 Å². The predicted molar refractivity (Wildman–Crippen MR) is 116 cm³/mol. The Morgan fingerprint density at radius 2 is 1.33 bits per heavy atom. The van der Waals surface area contributed by atoms with Crippen LogP contribution in [0.25, 0.3) is 0 Å². The Hall–Kier alpha value is -2.12. The second-order valence-electron chi connectivity index (χ2n) is 7.38. The van der Waals surface area contributed by atoms with E-state index in [0.29, 0.717) is 26.4 Å². The second-order valence-corrected chi connectivity index (χ2v) is 7.38. The first-order chi connectivity index (χ1) is 14.6. The lowest BCUT2D eigenvalue weighted by Gasteiger charge is -2.25. The summed E-state index contributed by atoms with van der Waals surface area (Å²) in [5, 5.41) is 0. The van der Waals surface area contributed by atoms with Gasteiger partial charge >= 0.3 is 0 Å². The van der Waals surface area contributed by atoms with Gasteiger partial charge in [-0.15, -0.1) is 0 Å². The molecule has 0 heterocycles. The normalized spacial score (nSPS) is 12.5. The van der Waals surface area contributed by atoms with Crippen molar-refractivity contribution >= 4 is 0 Å². The largest absolute Gasteiger partial charge is 0.468 e. The van der Waals surface area contributed by atoms with Crippen LogP contribution in [0.5, 0.6) is 11.5 Å². The molecule has 0 aliphatic heterocycles. The van der Waals surface area contributed by atoms with Crippen LogP contribution in [0, 0.1) is 0 Å². The Balaban J connectivity index is 1.49. The standard InChI is InChI=1S/C24H34O6/c1-4-21(27-19-28-22-11-7-5-8-12-22)17-25-15-16-26-18-24(2,3)30-20-29-23-13-9-6-10-14-23/h5-14,21H,4,15-20H2,1-3H3. The van der Waals surface area contributed by atoms with Crippen molar-refractivity contribution in [1.82, 2.24) is 0 Å². The van der Waals surface area contributed by atoms with Gasteiger partial charge in [0.1, 0.15) is 11.5 Å². The number of benzene rings is 2. The number of para-hydroxylation sites is 2. The summed E-state index contributed by atoms with van der Waals surface area (Å²) in [6, 6.07) is 19.2. The predicted octanol–water partition coefficient (Wildman–Crippen LogP) is 4.68. The smallest absolute Gasteiger partial charge is 0.189 e. The molecular formula is C24H34O6. The van der Waals surface area contributed by atoms with Gasteiger partial charge in [0.15, 0.2) is 13.6 Å². The monoisotopic (exact) mass is 418 g/mol. The van der Waals surface area contributed by atoms with Crippen molar-refractivity contribution in [3.8, 4) is 11.5 Å². The van der Waals surface area contributed by atoms with Crippen LogP contribution in [-0.4, -0.2) is 51.7 Å². The highest BCUT2D eigenvalue weighted by Gasteiger charge is 2.19. The molecule has 0 aliphatic rings. The Bertz CT molecular complexity index is 662. The van der Waals surface area contributed by atoms with Crippen LogP contribution in [-0.2, 0) is 18.9 Å². The zero-order valence-corrected chi connectivity index (χ0v) is 18.3. The summed E-state index contributed by atoms with van der Waals surface area (Å²) >= 11 is 0. The average molecular weight is 419 g/mol. The van der Waals surface area contributed by atoms with Crippen LogP contribution in [0.4, 0.5) is 0 Å². The summed E-state index contributed by atoms with van der Waals surface area (Å²) in [4.78, 5) is 0. The summed E-state index contributed by atoms with van der Waals surface area (Å²) in [6.45, 7) is 8.32. The van der Waals surface area contributed by atoms with Gasteiger partial charge in [-0.25, -0.2) is 0 Å². The van der Waals surface area contributed by atoms with E-state index >= 15 is 0 Å². The second kappa shape index (κ2) is 14.0. The van der Waals surface area contributed by atoms with Gasteiger partial charge in [0.25, 0.3) is 0 Å². The van der Waals surface area contributed by atoms with E-state index in [2.05, 4.69) is 6.92 Å². The molecule has 6 nitrogen and oxygen atoms in total. The molecule has 30 heavy (non-hydrogen) atoms. The lowest BCUT2D eigenvalue weighted by molar-refractivity contribution is -0.127. The zero-order valence-electron chi connectivity index (χ0n) is 18.3. The Morgan fingerprint density at radius 1 is 0.767 bits per heavy atom. The molecule has 0 spiro atoms. The maximum absolute atomic E-state index is 5.75. The van der Waals surface area contributed by atoms with Crippen molar-refractivity contribution in [1.29, 1.82) is 0 Å². The van der Waals surface area contributed by atoms with E-state index < -0.39 is 5.60 Å². The van der Waals surface area contributed by atoms with Gasteiger partial charge < -0.3 is 28.4 Å². The maximum Gasteiger partial charge on any atom is 0.189 e. The van der Waals surface area contributed by atoms with E-state index in [9.17, 15) is 0 Å². The highest BCUT2D eigenvalue weighted by Crippen LogP contribution is 2.13. The highest BCUT2D eigenvalue weighted by molar-refractivity contribution is 5.21. The molecule has 2 aromatic rings. The summed E-state index contributed by atoms with van der Waals surface area (Å²) in [7, 11) is 0. The lowest BCUT2D eigenvalue weighted by atomic mass is 10.1. The van der Waals surface area contributed by atoms with Crippen LogP contribution in [0.2, 0.25) is 0 Å². The molecule has 166 valence electrons. The third-order valence-corrected chi connectivity index (χ3v) is 4.27. The zero-order chi connectivity index (χ0) is 21.5. The van der Waals surface area contributed by atoms with Gasteiger partial charge in [-0.05, 0) is 44.5 Å². The summed E-state index contributed by atoms with van der Waals surface area (Å²) in [6.07, 6.45) is 0.838. The molecule has 0 bridgehead atoms. The highest BCUT2D eigenvalue weighted by atomic mass is 16.7. The minimum Gasteiger partial charge on any atom is -0.468 e. The van der Waals surface area contributed by atoms with Crippen LogP contribution in [0.3, 0.4) is 0 Å². The molecule has 0 N–H and O–H groups in total. The Morgan fingerprint density at radius 3 is 1.93 bits per heavy atom. The minimum atomic E-state index is -0.446. The topological polar surface area (TPSA) is 55.4 Å². The molecule has 0 amide bonds. The molecule has 0 saturated carbocycles. The fourth-order valence-electron chi connectivity index (χ4n) is 2.46. The molecule has 0 aromatic heterocycles. The maximum atomic E-state index is 5.75. The molecule has 1 atom stereocenters. The van der Waals surface area contributed by atoms with Gasteiger partial charge in [-0.3, -0.25) is 0 Å². The molecule has 0 aliphatic carbocycles. The fourth-order valence-corrected chi connectivity index (χ4v) is 2.46. The van der Waals surface area contributed by atoms with E-state index in [1.807, 2.05) is 74.5 Å². The van der Waals surface area contributed by atoms with Crippen molar-refractivity contribution in [3.05, 3.63) is 60.7 Å². The van der Waals surface area contributed by atoms with Crippen molar-refractivity contribution < 1.29 is 28.4 Å². The van der Waals surface area contributed by atoms with Crippen molar-refractivity contribution in [2.24, 2.45) is 0 Å². The van der Waals surface area contributed by atoms with Gasteiger partial charge in [-0.2, -0.15) is 0 Å². The lowest BCUT2D eigenvalue weighted by Crippen LogP contribution is -2.33. The third-order valence-electron chi connectivity index (χ3n) is 4.27. The summed E-state index contributed by atoms with van der Waals surface area (Å²) < 4.78 is 33.9. The number of ether oxygens (including phenoxy) is 6. The first kappa shape index (κ1) is 24.2. The quantitative estimate of drug-likeness (QED) is 0.291. The van der Waals surface area contributed by atoms with Crippen LogP contribution >= 0.6 is 0 Å². The average Bonchev–Trinajstić information content (AvgIpc) is 2.76. The van der Waals surface area contributed by atoms with Crippen LogP contribution in [0.1, 0.15) is 27.2 Å².